The highest BCUT2D eigenvalue weighted by Gasteiger charge is 2.02. The second-order valence-corrected chi connectivity index (χ2v) is 3.61. The maximum atomic E-state index is 8.90. The molecular formula is C14H12N2. The van der Waals surface area contributed by atoms with Crippen molar-refractivity contribution in [2.24, 2.45) is 0 Å². The molecule has 2 aromatic rings. The minimum atomic E-state index is 0.540. The Balaban J connectivity index is 2.09. The molecule has 16 heavy (non-hydrogen) atoms. The van der Waals surface area contributed by atoms with Crippen molar-refractivity contribution >= 4 is 0 Å². The summed E-state index contributed by atoms with van der Waals surface area (Å²) in [4.78, 5) is 4.05. The van der Waals surface area contributed by atoms with Gasteiger partial charge < -0.3 is 0 Å². The third-order valence-corrected chi connectivity index (χ3v) is 2.52. The summed E-state index contributed by atoms with van der Waals surface area (Å²) in [5, 5.41) is 8.90. The maximum absolute atomic E-state index is 8.90. The molecule has 0 bridgehead atoms. The van der Waals surface area contributed by atoms with E-state index in [1.807, 2.05) is 30.3 Å². The maximum Gasteiger partial charge on any atom is 0.143 e. The van der Waals surface area contributed by atoms with Gasteiger partial charge >= 0.3 is 0 Å². The van der Waals surface area contributed by atoms with Gasteiger partial charge in [0.25, 0.3) is 0 Å². The van der Waals surface area contributed by atoms with Crippen LogP contribution in [0.2, 0.25) is 0 Å². The standard InChI is InChI=1S/C14H12N2/c15-11-14-13(7-4-10-16-14)9-8-12-5-2-1-3-6-12/h1-7,10H,8-9H2. The Morgan fingerprint density at radius 2 is 1.81 bits per heavy atom. The van der Waals surface area contributed by atoms with E-state index >= 15 is 0 Å². The van der Waals surface area contributed by atoms with Gasteiger partial charge in [0.2, 0.25) is 0 Å². The average Bonchev–Trinajstić information content (AvgIpc) is 2.38. The summed E-state index contributed by atoms with van der Waals surface area (Å²) in [6, 6.07) is 16.2. The Labute approximate surface area is 95.2 Å². The van der Waals surface area contributed by atoms with Crippen LogP contribution in [0.25, 0.3) is 0 Å². The number of hydrogen-bond acceptors (Lipinski definition) is 2. The molecule has 0 aliphatic heterocycles. The van der Waals surface area contributed by atoms with E-state index in [9.17, 15) is 0 Å². The summed E-state index contributed by atoms with van der Waals surface area (Å²) < 4.78 is 0. The van der Waals surface area contributed by atoms with E-state index in [2.05, 4.69) is 23.2 Å². The first-order chi connectivity index (χ1) is 7.90. The highest BCUT2D eigenvalue weighted by Crippen LogP contribution is 2.09. The van der Waals surface area contributed by atoms with Crippen LogP contribution in [0.1, 0.15) is 16.8 Å². The zero-order valence-corrected chi connectivity index (χ0v) is 8.93. The molecule has 1 aromatic carbocycles. The van der Waals surface area contributed by atoms with Crippen LogP contribution in [0.4, 0.5) is 0 Å². The summed E-state index contributed by atoms with van der Waals surface area (Å²) >= 11 is 0. The third kappa shape index (κ3) is 2.46. The van der Waals surface area contributed by atoms with Crippen molar-refractivity contribution in [2.75, 3.05) is 0 Å². The lowest BCUT2D eigenvalue weighted by molar-refractivity contribution is 0.942. The lowest BCUT2D eigenvalue weighted by Gasteiger charge is -2.02. The average molecular weight is 208 g/mol. The first kappa shape index (κ1) is 10.4. The molecule has 2 rings (SSSR count). The molecule has 2 nitrogen and oxygen atoms in total. The molecule has 0 amide bonds. The number of benzene rings is 1. The van der Waals surface area contributed by atoms with E-state index in [-0.39, 0.29) is 0 Å². The van der Waals surface area contributed by atoms with Gasteiger partial charge in [0.15, 0.2) is 0 Å². The monoisotopic (exact) mass is 208 g/mol. The van der Waals surface area contributed by atoms with Crippen molar-refractivity contribution in [3.8, 4) is 6.07 Å². The fourth-order valence-corrected chi connectivity index (χ4v) is 1.66. The highest BCUT2D eigenvalue weighted by atomic mass is 14.7. The smallest absolute Gasteiger partial charge is 0.143 e. The van der Waals surface area contributed by atoms with Crippen LogP contribution >= 0.6 is 0 Å². The molecule has 0 saturated carbocycles. The van der Waals surface area contributed by atoms with Gasteiger partial charge in [0.05, 0.1) is 0 Å². The second kappa shape index (κ2) is 5.09. The zero-order chi connectivity index (χ0) is 11.2. The van der Waals surface area contributed by atoms with Gasteiger partial charge in [-0.05, 0) is 30.0 Å². The number of pyridine rings is 1. The Bertz CT molecular complexity index is 498. The van der Waals surface area contributed by atoms with E-state index in [4.69, 9.17) is 5.26 Å². The first-order valence-corrected chi connectivity index (χ1v) is 5.28. The molecule has 0 aliphatic carbocycles. The van der Waals surface area contributed by atoms with Crippen LogP contribution in [0.5, 0.6) is 0 Å². The van der Waals surface area contributed by atoms with Crippen molar-refractivity contribution < 1.29 is 0 Å². The van der Waals surface area contributed by atoms with Crippen LogP contribution in [0.15, 0.2) is 48.7 Å². The summed E-state index contributed by atoms with van der Waals surface area (Å²) in [5.41, 5.74) is 2.85. The molecule has 0 N–H and O–H groups in total. The largest absolute Gasteiger partial charge is 0.245 e. The molecule has 0 unspecified atom stereocenters. The van der Waals surface area contributed by atoms with Crippen LogP contribution < -0.4 is 0 Å². The summed E-state index contributed by atoms with van der Waals surface area (Å²) in [5.74, 6) is 0. The Kier molecular flexibility index (Phi) is 3.30. The number of hydrogen-bond donors (Lipinski definition) is 0. The van der Waals surface area contributed by atoms with Crippen LogP contribution in [0.3, 0.4) is 0 Å². The summed E-state index contributed by atoms with van der Waals surface area (Å²) in [6.45, 7) is 0. The molecule has 78 valence electrons. The second-order valence-electron chi connectivity index (χ2n) is 3.61. The van der Waals surface area contributed by atoms with E-state index in [0.717, 1.165) is 18.4 Å². The predicted molar refractivity (Wildman–Crippen MR) is 62.8 cm³/mol. The lowest BCUT2D eigenvalue weighted by atomic mass is 10.0. The minimum Gasteiger partial charge on any atom is -0.245 e. The van der Waals surface area contributed by atoms with Crippen LogP contribution in [-0.4, -0.2) is 4.98 Å². The molecule has 0 spiro atoms. The van der Waals surface area contributed by atoms with Crippen molar-refractivity contribution in [1.29, 1.82) is 5.26 Å². The van der Waals surface area contributed by atoms with Crippen LogP contribution in [0, 0.1) is 11.3 Å². The van der Waals surface area contributed by atoms with Crippen molar-refractivity contribution in [3.05, 3.63) is 65.5 Å². The minimum absolute atomic E-state index is 0.540. The Morgan fingerprint density at radius 3 is 2.56 bits per heavy atom. The molecule has 1 aromatic heterocycles. The third-order valence-electron chi connectivity index (χ3n) is 2.52. The fourth-order valence-electron chi connectivity index (χ4n) is 1.66. The van der Waals surface area contributed by atoms with Crippen molar-refractivity contribution in [3.63, 3.8) is 0 Å². The number of aromatic nitrogens is 1. The van der Waals surface area contributed by atoms with E-state index < -0.39 is 0 Å². The lowest BCUT2D eigenvalue weighted by Crippen LogP contribution is -1.96. The van der Waals surface area contributed by atoms with E-state index in [0.29, 0.717) is 5.69 Å². The zero-order valence-electron chi connectivity index (χ0n) is 8.93. The van der Waals surface area contributed by atoms with Gasteiger partial charge in [-0.1, -0.05) is 36.4 Å². The molecule has 0 aliphatic rings. The predicted octanol–water partition coefficient (Wildman–Crippen LogP) is 2.74. The summed E-state index contributed by atoms with van der Waals surface area (Å²) in [6.07, 6.45) is 3.46. The molecule has 1 heterocycles. The topological polar surface area (TPSA) is 36.7 Å². The first-order valence-electron chi connectivity index (χ1n) is 5.28. The number of rotatable bonds is 3. The number of aryl methyl sites for hydroxylation is 2. The van der Waals surface area contributed by atoms with Crippen molar-refractivity contribution in [2.45, 2.75) is 12.8 Å². The molecular weight excluding hydrogens is 196 g/mol. The molecule has 0 radical (unpaired) electrons. The van der Waals surface area contributed by atoms with Crippen LogP contribution in [-0.2, 0) is 12.8 Å². The van der Waals surface area contributed by atoms with E-state index in [1.54, 1.807) is 6.20 Å². The van der Waals surface area contributed by atoms with Gasteiger partial charge in [-0.2, -0.15) is 5.26 Å². The van der Waals surface area contributed by atoms with Gasteiger partial charge in [-0.3, -0.25) is 0 Å². The molecule has 0 saturated heterocycles. The van der Waals surface area contributed by atoms with E-state index in [1.165, 1.54) is 5.56 Å². The summed E-state index contributed by atoms with van der Waals surface area (Å²) in [7, 11) is 0. The quantitative estimate of drug-likeness (QED) is 0.777. The number of nitrogens with zero attached hydrogens (tertiary/aromatic N) is 2. The highest BCUT2D eigenvalue weighted by molar-refractivity contribution is 5.31. The molecule has 0 atom stereocenters. The van der Waals surface area contributed by atoms with Gasteiger partial charge in [0.1, 0.15) is 11.8 Å². The van der Waals surface area contributed by atoms with Gasteiger partial charge in [-0.15, -0.1) is 0 Å². The van der Waals surface area contributed by atoms with Gasteiger partial charge in [0, 0.05) is 6.20 Å². The normalized spacial score (nSPS) is 9.69. The number of nitriles is 1. The van der Waals surface area contributed by atoms with Crippen molar-refractivity contribution in [1.82, 2.24) is 4.98 Å². The fraction of sp³-hybridized carbons (Fsp3) is 0.143. The Morgan fingerprint density at radius 1 is 1.00 bits per heavy atom. The van der Waals surface area contributed by atoms with Gasteiger partial charge in [-0.25, -0.2) is 4.98 Å². The molecule has 2 heteroatoms. The SMILES string of the molecule is N#Cc1ncccc1CCc1ccccc1. The molecule has 0 fully saturated rings. The Hall–Kier alpha value is -2.14.